The molecule has 0 fully saturated rings. The van der Waals surface area contributed by atoms with Gasteiger partial charge in [-0.05, 0) is 13.8 Å². The summed E-state index contributed by atoms with van der Waals surface area (Å²) in [6.45, 7) is 7.15. The Morgan fingerprint density at radius 1 is 1.71 bits per heavy atom. The third-order valence-corrected chi connectivity index (χ3v) is 1.92. The van der Waals surface area contributed by atoms with E-state index in [-0.39, 0.29) is 5.56 Å². The van der Waals surface area contributed by atoms with Crippen LogP contribution in [0.5, 0.6) is 0 Å². The second kappa shape index (κ2) is 4.00. The third kappa shape index (κ3) is 1.79. The van der Waals surface area contributed by atoms with Gasteiger partial charge in [-0.25, -0.2) is 4.98 Å². The van der Waals surface area contributed by atoms with Crippen LogP contribution < -0.4 is 5.56 Å². The molecule has 0 spiro atoms. The van der Waals surface area contributed by atoms with E-state index in [1.54, 1.807) is 20.9 Å². The smallest absolute Gasteiger partial charge is 0.258 e. The zero-order valence-electron chi connectivity index (χ0n) is 8.61. The van der Waals surface area contributed by atoms with Crippen LogP contribution in [0.2, 0.25) is 0 Å². The van der Waals surface area contributed by atoms with Crippen molar-refractivity contribution in [3.8, 4) is 0 Å². The SMILES string of the molecule is C=Cn1c(C(C)=NC)nc(C)cc1=O. The molecule has 0 saturated carbocycles. The molecule has 0 aromatic carbocycles. The maximum atomic E-state index is 11.5. The molecule has 0 saturated heterocycles. The highest BCUT2D eigenvalue weighted by molar-refractivity contribution is 5.95. The molecule has 0 bridgehead atoms. The minimum Gasteiger partial charge on any atom is -0.290 e. The molecule has 4 heteroatoms. The second-order valence-electron chi connectivity index (χ2n) is 2.92. The molecule has 1 aromatic rings. The maximum absolute atomic E-state index is 11.5. The van der Waals surface area contributed by atoms with Gasteiger partial charge in [0.05, 0.1) is 5.71 Å². The first-order chi connectivity index (χ1) is 6.60. The van der Waals surface area contributed by atoms with Crippen LogP contribution >= 0.6 is 0 Å². The largest absolute Gasteiger partial charge is 0.290 e. The summed E-state index contributed by atoms with van der Waals surface area (Å²) in [5, 5.41) is 0. The number of aryl methyl sites for hydroxylation is 1. The predicted octanol–water partition coefficient (Wildman–Crippen LogP) is 1.09. The van der Waals surface area contributed by atoms with Crippen molar-refractivity contribution >= 4 is 11.9 Å². The fourth-order valence-electron chi connectivity index (χ4n) is 1.14. The molecule has 1 heterocycles. The first kappa shape index (κ1) is 10.4. The number of rotatable bonds is 2. The number of nitrogens with zero attached hydrogens (tertiary/aromatic N) is 3. The average Bonchev–Trinajstić information content (AvgIpc) is 2.15. The van der Waals surface area contributed by atoms with Crippen molar-refractivity contribution in [2.24, 2.45) is 4.99 Å². The summed E-state index contributed by atoms with van der Waals surface area (Å²) in [7, 11) is 1.66. The summed E-state index contributed by atoms with van der Waals surface area (Å²) in [6.07, 6.45) is 1.44. The lowest BCUT2D eigenvalue weighted by Crippen LogP contribution is -2.23. The standard InChI is InChI=1S/C10H13N3O/c1-5-13-9(14)6-7(2)12-10(13)8(3)11-4/h5-6H,1H2,2-4H3. The van der Waals surface area contributed by atoms with Crippen molar-refractivity contribution in [3.05, 3.63) is 34.5 Å². The lowest BCUT2D eigenvalue weighted by molar-refractivity contribution is 0.938. The van der Waals surface area contributed by atoms with Gasteiger partial charge in [-0.3, -0.25) is 14.4 Å². The molecule has 0 aliphatic rings. The summed E-state index contributed by atoms with van der Waals surface area (Å²) in [6, 6.07) is 1.47. The number of aliphatic imine (C=N–C) groups is 1. The van der Waals surface area contributed by atoms with Crippen LogP contribution in [0, 0.1) is 6.92 Å². The lowest BCUT2D eigenvalue weighted by Gasteiger charge is -2.06. The highest BCUT2D eigenvalue weighted by Crippen LogP contribution is 1.97. The summed E-state index contributed by atoms with van der Waals surface area (Å²) in [5.74, 6) is 0.549. The molecule has 0 aliphatic heterocycles. The Balaban J connectivity index is 3.55. The van der Waals surface area contributed by atoms with Crippen molar-refractivity contribution < 1.29 is 0 Å². The molecule has 74 valence electrons. The van der Waals surface area contributed by atoms with E-state index in [0.29, 0.717) is 17.2 Å². The van der Waals surface area contributed by atoms with E-state index < -0.39 is 0 Å². The van der Waals surface area contributed by atoms with Gasteiger partial charge in [0.1, 0.15) is 0 Å². The van der Waals surface area contributed by atoms with Gasteiger partial charge in [-0.2, -0.15) is 0 Å². The molecule has 14 heavy (non-hydrogen) atoms. The van der Waals surface area contributed by atoms with Crippen molar-refractivity contribution in [1.82, 2.24) is 9.55 Å². The van der Waals surface area contributed by atoms with Crippen LogP contribution in [0.25, 0.3) is 6.20 Å². The van der Waals surface area contributed by atoms with E-state index in [1.807, 2.05) is 0 Å². The normalized spacial score (nSPS) is 11.5. The molecule has 0 aliphatic carbocycles. The molecule has 4 nitrogen and oxygen atoms in total. The zero-order chi connectivity index (χ0) is 10.7. The summed E-state index contributed by atoms with van der Waals surface area (Å²) < 4.78 is 1.38. The van der Waals surface area contributed by atoms with Gasteiger partial charge in [-0.15, -0.1) is 0 Å². The van der Waals surface area contributed by atoms with Crippen molar-refractivity contribution in [2.75, 3.05) is 7.05 Å². The maximum Gasteiger partial charge on any atom is 0.258 e. The van der Waals surface area contributed by atoms with Gasteiger partial charge in [-0.1, -0.05) is 6.58 Å². The monoisotopic (exact) mass is 191 g/mol. The van der Waals surface area contributed by atoms with Gasteiger partial charge < -0.3 is 0 Å². The van der Waals surface area contributed by atoms with E-state index in [4.69, 9.17) is 0 Å². The topological polar surface area (TPSA) is 47.2 Å². The van der Waals surface area contributed by atoms with E-state index in [1.165, 1.54) is 16.8 Å². The quantitative estimate of drug-likeness (QED) is 0.657. The van der Waals surface area contributed by atoms with Gasteiger partial charge in [0.15, 0.2) is 5.82 Å². The van der Waals surface area contributed by atoms with E-state index >= 15 is 0 Å². The van der Waals surface area contributed by atoms with E-state index in [9.17, 15) is 4.79 Å². The Bertz CT molecular complexity index is 443. The number of aromatic nitrogens is 2. The molecule has 1 aromatic heterocycles. The highest BCUT2D eigenvalue weighted by Gasteiger charge is 2.06. The van der Waals surface area contributed by atoms with Gasteiger partial charge in [0, 0.05) is 25.0 Å². The second-order valence-corrected chi connectivity index (χ2v) is 2.92. The molecule has 0 amide bonds. The minimum atomic E-state index is -0.134. The van der Waals surface area contributed by atoms with Crippen LogP contribution in [0.1, 0.15) is 18.4 Å². The van der Waals surface area contributed by atoms with Crippen molar-refractivity contribution in [1.29, 1.82) is 0 Å². The first-order valence-electron chi connectivity index (χ1n) is 4.26. The van der Waals surface area contributed by atoms with Crippen molar-refractivity contribution in [3.63, 3.8) is 0 Å². The predicted molar refractivity (Wildman–Crippen MR) is 57.8 cm³/mol. The van der Waals surface area contributed by atoms with Crippen LogP contribution in [0.4, 0.5) is 0 Å². The Morgan fingerprint density at radius 3 is 2.86 bits per heavy atom. The van der Waals surface area contributed by atoms with Gasteiger partial charge >= 0.3 is 0 Å². The molecule has 1 rings (SSSR count). The third-order valence-electron chi connectivity index (χ3n) is 1.92. The van der Waals surface area contributed by atoms with Crippen LogP contribution in [0.15, 0.2) is 22.4 Å². The summed E-state index contributed by atoms with van der Waals surface area (Å²) in [5.41, 5.74) is 1.27. The van der Waals surface area contributed by atoms with Crippen LogP contribution in [-0.4, -0.2) is 22.3 Å². The zero-order valence-corrected chi connectivity index (χ0v) is 8.61. The number of hydrogen-bond acceptors (Lipinski definition) is 3. The van der Waals surface area contributed by atoms with E-state index in [0.717, 1.165) is 0 Å². The first-order valence-corrected chi connectivity index (χ1v) is 4.26. The molecular formula is C10H13N3O. The Morgan fingerprint density at radius 2 is 2.36 bits per heavy atom. The Kier molecular flexibility index (Phi) is 2.96. The van der Waals surface area contributed by atoms with Gasteiger partial charge in [0.2, 0.25) is 0 Å². The molecule has 0 unspecified atom stereocenters. The molecule has 0 N–H and O–H groups in total. The van der Waals surface area contributed by atoms with Crippen molar-refractivity contribution in [2.45, 2.75) is 13.8 Å². The van der Waals surface area contributed by atoms with E-state index in [2.05, 4.69) is 16.6 Å². The number of hydrogen-bond donors (Lipinski definition) is 0. The molecule has 0 radical (unpaired) electrons. The highest BCUT2D eigenvalue weighted by atomic mass is 16.1. The minimum absolute atomic E-state index is 0.134. The molecular weight excluding hydrogens is 178 g/mol. The summed E-state index contributed by atoms with van der Waals surface area (Å²) in [4.78, 5) is 19.7. The molecule has 0 atom stereocenters. The Hall–Kier alpha value is -1.71. The van der Waals surface area contributed by atoms with Gasteiger partial charge in [0.25, 0.3) is 5.56 Å². The fourth-order valence-corrected chi connectivity index (χ4v) is 1.14. The fraction of sp³-hybridized carbons (Fsp3) is 0.300. The van der Waals surface area contributed by atoms with Crippen LogP contribution in [-0.2, 0) is 0 Å². The van der Waals surface area contributed by atoms with Crippen LogP contribution in [0.3, 0.4) is 0 Å². The summed E-state index contributed by atoms with van der Waals surface area (Å²) >= 11 is 0. The average molecular weight is 191 g/mol. The Labute approximate surface area is 82.6 Å². The lowest BCUT2D eigenvalue weighted by atomic mass is 10.3.